The Balaban J connectivity index is 2.18. The molecule has 0 aromatic heterocycles. The van der Waals surface area contributed by atoms with Gasteiger partial charge in [-0.15, -0.1) is 0 Å². The largest absolute Gasteiger partial charge is 0.454 e. The summed E-state index contributed by atoms with van der Waals surface area (Å²) in [5.41, 5.74) is 1.07. The molecule has 2 aromatic carbocycles. The molecule has 0 heterocycles. The van der Waals surface area contributed by atoms with Crippen molar-refractivity contribution >= 4 is 15.9 Å². The maximum absolute atomic E-state index is 13.5. The van der Waals surface area contributed by atoms with E-state index in [1.54, 1.807) is 12.1 Å². The van der Waals surface area contributed by atoms with E-state index in [1.165, 1.54) is 12.1 Å². The highest BCUT2D eigenvalue weighted by Crippen LogP contribution is 2.29. The van der Waals surface area contributed by atoms with Crippen LogP contribution in [0.4, 0.5) is 8.78 Å². The summed E-state index contributed by atoms with van der Waals surface area (Å²) in [7, 11) is 0. The highest BCUT2D eigenvalue weighted by Gasteiger charge is 2.10. The summed E-state index contributed by atoms with van der Waals surface area (Å²) >= 11 is 3.44. The molecule has 2 aromatic rings. The molecule has 0 aliphatic heterocycles. The van der Waals surface area contributed by atoms with Crippen molar-refractivity contribution < 1.29 is 13.5 Å². The lowest BCUT2D eigenvalue weighted by Crippen LogP contribution is -2.12. The molecule has 0 spiro atoms. The second kappa shape index (κ2) is 6.81. The van der Waals surface area contributed by atoms with Gasteiger partial charge in [0.15, 0.2) is 11.6 Å². The standard InChI is InChI=1S/C15H14BrF2NO/c1-2-19-9-10-6-7-11(8-12(10)16)20-14-5-3-4-13(17)15(14)18/h3-8,19H,2,9H2,1H3. The average molecular weight is 342 g/mol. The Morgan fingerprint density at radius 2 is 2.00 bits per heavy atom. The number of benzene rings is 2. The molecular formula is C15H14BrF2NO. The highest BCUT2D eigenvalue weighted by atomic mass is 79.9. The molecule has 0 saturated heterocycles. The van der Waals surface area contributed by atoms with Crippen molar-refractivity contribution in [2.24, 2.45) is 0 Å². The van der Waals surface area contributed by atoms with Gasteiger partial charge >= 0.3 is 0 Å². The molecule has 0 aliphatic rings. The van der Waals surface area contributed by atoms with E-state index in [0.29, 0.717) is 5.75 Å². The number of nitrogens with one attached hydrogen (secondary N) is 1. The Kier molecular flexibility index (Phi) is 5.09. The normalized spacial score (nSPS) is 10.6. The first-order chi connectivity index (χ1) is 9.61. The van der Waals surface area contributed by atoms with Crippen LogP contribution in [0.1, 0.15) is 12.5 Å². The Hall–Kier alpha value is -1.46. The lowest BCUT2D eigenvalue weighted by Gasteiger charge is -2.10. The predicted molar refractivity (Wildman–Crippen MR) is 78.0 cm³/mol. The van der Waals surface area contributed by atoms with Gasteiger partial charge in [-0.3, -0.25) is 0 Å². The lowest BCUT2D eigenvalue weighted by atomic mass is 10.2. The molecule has 0 radical (unpaired) electrons. The van der Waals surface area contributed by atoms with E-state index in [4.69, 9.17) is 4.74 Å². The monoisotopic (exact) mass is 341 g/mol. The molecule has 5 heteroatoms. The van der Waals surface area contributed by atoms with Crippen LogP contribution in [0.2, 0.25) is 0 Å². The molecule has 2 rings (SSSR count). The van der Waals surface area contributed by atoms with Crippen LogP contribution in [0.5, 0.6) is 11.5 Å². The minimum atomic E-state index is -0.986. The van der Waals surface area contributed by atoms with Gasteiger partial charge < -0.3 is 10.1 Å². The van der Waals surface area contributed by atoms with Gasteiger partial charge in [-0.2, -0.15) is 4.39 Å². The zero-order valence-electron chi connectivity index (χ0n) is 10.9. The van der Waals surface area contributed by atoms with Crippen molar-refractivity contribution in [2.45, 2.75) is 13.5 Å². The van der Waals surface area contributed by atoms with E-state index in [1.807, 2.05) is 13.0 Å². The summed E-state index contributed by atoms with van der Waals surface area (Å²) in [6.45, 7) is 3.63. The van der Waals surface area contributed by atoms with Crippen molar-refractivity contribution in [2.75, 3.05) is 6.54 Å². The van der Waals surface area contributed by atoms with Gasteiger partial charge in [0.2, 0.25) is 5.82 Å². The van der Waals surface area contributed by atoms with Crippen LogP contribution in [0.3, 0.4) is 0 Å². The summed E-state index contributed by atoms with van der Waals surface area (Å²) in [5, 5.41) is 3.21. The Bertz CT molecular complexity index is 604. The zero-order chi connectivity index (χ0) is 14.5. The van der Waals surface area contributed by atoms with Gasteiger partial charge in [0.05, 0.1) is 0 Å². The summed E-state index contributed by atoms with van der Waals surface area (Å²) in [6.07, 6.45) is 0. The van der Waals surface area contributed by atoms with Crippen LogP contribution in [-0.4, -0.2) is 6.54 Å². The minimum absolute atomic E-state index is 0.128. The Morgan fingerprint density at radius 1 is 1.20 bits per heavy atom. The molecule has 0 atom stereocenters. The number of hydrogen-bond acceptors (Lipinski definition) is 2. The lowest BCUT2D eigenvalue weighted by molar-refractivity contribution is 0.416. The van der Waals surface area contributed by atoms with E-state index in [2.05, 4.69) is 21.2 Å². The van der Waals surface area contributed by atoms with Crippen LogP contribution in [0.25, 0.3) is 0 Å². The summed E-state index contributed by atoms with van der Waals surface area (Å²) in [6, 6.07) is 9.18. The first-order valence-corrected chi connectivity index (χ1v) is 7.02. The highest BCUT2D eigenvalue weighted by molar-refractivity contribution is 9.10. The number of hydrogen-bond donors (Lipinski definition) is 1. The maximum atomic E-state index is 13.5. The van der Waals surface area contributed by atoms with Crippen molar-refractivity contribution in [3.8, 4) is 11.5 Å². The van der Waals surface area contributed by atoms with E-state index in [0.717, 1.165) is 29.2 Å². The maximum Gasteiger partial charge on any atom is 0.201 e. The molecule has 106 valence electrons. The van der Waals surface area contributed by atoms with Gasteiger partial charge in [0.25, 0.3) is 0 Å². The van der Waals surface area contributed by atoms with Crippen LogP contribution in [0.15, 0.2) is 40.9 Å². The molecule has 0 unspecified atom stereocenters. The predicted octanol–water partition coefficient (Wildman–Crippen LogP) is 4.63. The Labute approximate surface area is 124 Å². The molecule has 0 fully saturated rings. The van der Waals surface area contributed by atoms with Gasteiger partial charge in [-0.1, -0.05) is 35.0 Å². The first kappa shape index (κ1) is 14.9. The summed E-state index contributed by atoms with van der Waals surface area (Å²) in [5.74, 6) is -1.59. The van der Waals surface area contributed by atoms with E-state index < -0.39 is 11.6 Å². The Morgan fingerprint density at radius 3 is 2.70 bits per heavy atom. The summed E-state index contributed by atoms with van der Waals surface area (Å²) in [4.78, 5) is 0. The van der Waals surface area contributed by atoms with Crippen LogP contribution in [-0.2, 0) is 6.54 Å². The third kappa shape index (κ3) is 3.55. The molecule has 1 N–H and O–H groups in total. The molecule has 0 amide bonds. The third-order valence-corrected chi connectivity index (χ3v) is 3.47. The molecule has 0 aliphatic carbocycles. The number of halogens is 3. The van der Waals surface area contributed by atoms with Gasteiger partial charge in [-0.05, 0) is 36.4 Å². The van der Waals surface area contributed by atoms with E-state index >= 15 is 0 Å². The summed E-state index contributed by atoms with van der Waals surface area (Å²) < 4.78 is 32.8. The fourth-order valence-electron chi connectivity index (χ4n) is 1.68. The molecule has 2 nitrogen and oxygen atoms in total. The van der Waals surface area contributed by atoms with Gasteiger partial charge in [-0.25, -0.2) is 4.39 Å². The van der Waals surface area contributed by atoms with Crippen LogP contribution < -0.4 is 10.1 Å². The number of ether oxygens (including phenoxy) is 1. The fourth-order valence-corrected chi connectivity index (χ4v) is 2.18. The quantitative estimate of drug-likeness (QED) is 0.856. The fraction of sp³-hybridized carbons (Fsp3) is 0.200. The average Bonchev–Trinajstić information content (AvgIpc) is 2.43. The molecule has 20 heavy (non-hydrogen) atoms. The number of rotatable bonds is 5. The third-order valence-electron chi connectivity index (χ3n) is 2.73. The zero-order valence-corrected chi connectivity index (χ0v) is 12.5. The molecular weight excluding hydrogens is 328 g/mol. The second-order valence-electron chi connectivity index (χ2n) is 4.19. The van der Waals surface area contributed by atoms with Crippen LogP contribution in [0, 0.1) is 11.6 Å². The molecule has 0 bridgehead atoms. The topological polar surface area (TPSA) is 21.3 Å². The SMILES string of the molecule is CCNCc1ccc(Oc2cccc(F)c2F)cc1Br. The van der Waals surface area contributed by atoms with Gasteiger partial charge in [0, 0.05) is 11.0 Å². The van der Waals surface area contributed by atoms with E-state index in [9.17, 15) is 8.78 Å². The van der Waals surface area contributed by atoms with Crippen molar-refractivity contribution in [1.29, 1.82) is 0 Å². The second-order valence-corrected chi connectivity index (χ2v) is 5.04. The van der Waals surface area contributed by atoms with Gasteiger partial charge in [0.1, 0.15) is 5.75 Å². The van der Waals surface area contributed by atoms with Crippen LogP contribution >= 0.6 is 15.9 Å². The smallest absolute Gasteiger partial charge is 0.201 e. The molecule has 0 saturated carbocycles. The van der Waals surface area contributed by atoms with E-state index in [-0.39, 0.29) is 5.75 Å². The minimum Gasteiger partial charge on any atom is -0.454 e. The first-order valence-electron chi connectivity index (χ1n) is 6.23. The van der Waals surface area contributed by atoms with Crippen molar-refractivity contribution in [3.63, 3.8) is 0 Å². The van der Waals surface area contributed by atoms with Crippen molar-refractivity contribution in [3.05, 3.63) is 58.1 Å². The van der Waals surface area contributed by atoms with Crippen molar-refractivity contribution in [1.82, 2.24) is 5.32 Å².